The maximum atomic E-state index is 11.7. The van der Waals surface area contributed by atoms with Crippen molar-refractivity contribution in [2.45, 2.75) is 6.54 Å². The van der Waals surface area contributed by atoms with Crippen molar-refractivity contribution in [3.63, 3.8) is 0 Å². The number of carbonyl (C=O) groups is 1. The third kappa shape index (κ3) is 4.43. The number of fused-ring (bicyclic) bond motifs is 1. The fraction of sp³-hybridized carbons (Fsp3) is 0.294. The molecule has 0 bridgehead atoms. The van der Waals surface area contributed by atoms with E-state index in [1.54, 1.807) is 19.2 Å². The predicted octanol–water partition coefficient (Wildman–Crippen LogP) is 1.10. The van der Waals surface area contributed by atoms with Crippen LogP contribution in [0.2, 0.25) is 0 Å². The average molecular weight is 344 g/mol. The number of benzene rings is 1. The predicted molar refractivity (Wildman–Crippen MR) is 91.8 cm³/mol. The number of guanidine groups is 1. The minimum atomic E-state index is -0.241. The van der Waals surface area contributed by atoms with Crippen LogP contribution in [0.1, 0.15) is 16.1 Å². The van der Waals surface area contributed by atoms with Gasteiger partial charge < -0.3 is 29.8 Å². The molecule has 25 heavy (non-hydrogen) atoms. The van der Waals surface area contributed by atoms with Crippen molar-refractivity contribution in [2.24, 2.45) is 4.99 Å². The zero-order valence-corrected chi connectivity index (χ0v) is 13.9. The van der Waals surface area contributed by atoms with Crippen LogP contribution in [0, 0.1) is 0 Å². The van der Waals surface area contributed by atoms with Gasteiger partial charge in [-0.2, -0.15) is 0 Å². The second kappa shape index (κ2) is 8.09. The van der Waals surface area contributed by atoms with Crippen molar-refractivity contribution >= 4 is 11.9 Å². The molecule has 0 saturated carbocycles. The molecule has 8 heteroatoms. The van der Waals surface area contributed by atoms with Gasteiger partial charge in [-0.05, 0) is 29.8 Å². The molecule has 132 valence electrons. The molecule has 0 aliphatic carbocycles. The Hall–Kier alpha value is -3.16. The van der Waals surface area contributed by atoms with Gasteiger partial charge in [0.05, 0.1) is 6.26 Å². The van der Waals surface area contributed by atoms with Crippen molar-refractivity contribution in [1.29, 1.82) is 0 Å². The number of carbonyl (C=O) groups excluding carboxylic acids is 1. The monoisotopic (exact) mass is 344 g/mol. The average Bonchev–Trinajstić information content (AvgIpc) is 3.32. The summed E-state index contributed by atoms with van der Waals surface area (Å²) < 4.78 is 15.7. The Bertz CT molecular complexity index is 743. The van der Waals surface area contributed by atoms with Crippen LogP contribution in [0.3, 0.4) is 0 Å². The Labute approximate surface area is 145 Å². The second-order valence-electron chi connectivity index (χ2n) is 5.27. The Kier molecular flexibility index (Phi) is 5.40. The molecule has 8 nitrogen and oxygen atoms in total. The van der Waals surface area contributed by atoms with Crippen LogP contribution >= 0.6 is 0 Å². The zero-order valence-electron chi connectivity index (χ0n) is 13.9. The van der Waals surface area contributed by atoms with Gasteiger partial charge in [-0.1, -0.05) is 6.07 Å². The van der Waals surface area contributed by atoms with Crippen LogP contribution in [0.4, 0.5) is 0 Å². The summed E-state index contributed by atoms with van der Waals surface area (Å²) in [5.74, 6) is 2.21. The highest BCUT2D eigenvalue weighted by atomic mass is 16.7. The highest BCUT2D eigenvalue weighted by Crippen LogP contribution is 2.32. The lowest BCUT2D eigenvalue weighted by molar-refractivity contribution is 0.0926. The normalized spacial score (nSPS) is 12.8. The maximum Gasteiger partial charge on any atom is 0.287 e. The molecule has 1 amide bonds. The van der Waals surface area contributed by atoms with Crippen molar-refractivity contribution in [2.75, 3.05) is 26.9 Å². The summed E-state index contributed by atoms with van der Waals surface area (Å²) in [6.07, 6.45) is 1.47. The summed E-state index contributed by atoms with van der Waals surface area (Å²) in [7, 11) is 1.69. The van der Waals surface area contributed by atoms with Crippen LogP contribution in [-0.4, -0.2) is 38.8 Å². The number of hydrogen-bond acceptors (Lipinski definition) is 5. The molecule has 3 N–H and O–H groups in total. The number of aliphatic imine (C=N–C) groups is 1. The van der Waals surface area contributed by atoms with Gasteiger partial charge >= 0.3 is 0 Å². The van der Waals surface area contributed by atoms with Gasteiger partial charge in [0.2, 0.25) is 6.79 Å². The summed E-state index contributed by atoms with van der Waals surface area (Å²) >= 11 is 0. The number of hydrogen-bond donors (Lipinski definition) is 3. The molecule has 0 unspecified atom stereocenters. The lowest BCUT2D eigenvalue weighted by atomic mass is 10.2. The third-order valence-electron chi connectivity index (χ3n) is 3.57. The topological polar surface area (TPSA) is 97.1 Å². The van der Waals surface area contributed by atoms with Crippen LogP contribution in [0.15, 0.2) is 46.0 Å². The Morgan fingerprint density at radius 1 is 1.12 bits per heavy atom. The van der Waals surface area contributed by atoms with E-state index >= 15 is 0 Å². The summed E-state index contributed by atoms with van der Waals surface area (Å²) in [4.78, 5) is 15.9. The molecule has 2 aromatic rings. The quantitative estimate of drug-likeness (QED) is 0.413. The molecular weight excluding hydrogens is 324 g/mol. The molecule has 3 rings (SSSR count). The molecule has 1 aromatic carbocycles. The molecule has 0 fully saturated rings. The molecule has 0 spiro atoms. The number of rotatable bonds is 6. The Morgan fingerprint density at radius 3 is 2.76 bits per heavy atom. The summed E-state index contributed by atoms with van der Waals surface area (Å²) in [6, 6.07) is 9.09. The lowest BCUT2D eigenvalue weighted by Crippen LogP contribution is -2.41. The first-order chi connectivity index (χ1) is 12.3. The lowest BCUT2D eigenvalue weighted by Gasteiger charge is -2.12. The minimum Gasteiger partial charge on any atom is -0.459 e. The minimum absolute atomic E-state index is 0.241. The third-order valence-corrected chi connectivity index (χ3v) is 3.57. The van der Waals surface area contributed by atoms with E-state index in [9.17, 15) is 4.79 Å². The van der Waals surface area contributed by atoms with E-state index in [1.165, 1.54) is 6.26 Å². The molecule has 1 aliphatic heterocycles. The first kappa shape index (κ1) is 16.7. The van der Waals surface area contributed by atoms with Gasteiger partial charge in [-0.3, -0.25) is 9.79 Å². The van der Waals surface area contributed by atoms with E-state index in [2.05, 4.69) is 20.9 Å². The highest BCUT2D eigenvalue weighted by molar-refractivity contribution is 5.91. The maximum absolute atomic E-state index is 11.7. The first-order valence-corrected chi connectivity index (χ1v) is 7.91. The smallest absolute Gasteiger partial charge is 0.287 e. The van der Waals surface area contributed by atoms with E-state index in [0.29, 0.717) is 31.4 Å². The van der Waals surface area contributed by atoms with Gasteiger partial charge in [-0.25, -0.2) is 0 Å². The molecule has 1 aliphatic rings. The van der Waals surface area contributed by atoms with Crippen molar-refractivity contribution in [1.82, 2.24) is 16.0 Å². The molecule has 2 heterocycles. The van der Waals surface area contributed by atoms with Crippen LogP contribution < -0.4 is 25.4 Å². The number of furan rings is 1. The van der Waals surface area contributed by atoms with E-state index in [0.717, 1.165) is 17.1 Å². The fourth-order valence-electron chi connectivity index (χ4n) is 2.31. The van der Waals surface area contributed by atoms with E-state index < -0.39 is 0 Å². The van der Waals surface area contributed by atoms with Gasteiger partial charge in [-0.15, -0.1) is 0 Å². The molecule has 0 saturated heterocycles. The molecular formula is C17H20N4O4. The Balaban J connectivity index is 1.39. The van der Waals surface area contributed by atoms with Gasteiger partial charge in [0, 0.05) is 26.7 Å². The largest absolute Gasteiger partial charge is 0.459 e. The van der Waals surface area contributed by atoms with E-state index in [4.69, 9.17) is 13.9 Å². The zero-order chi connectivity index (χ0) is 17.5. The van der Waals surface area contributed by atoms with E-state index in [1.807, 2.05) is 18.2 Å². The first-order valence-electron chi connectivity index (χ1n) is 7.91. The fourth-order valence-corrected chi connectivity index (χ4v) is 2.31. The Morgan fingerprint density at radius 2 is 1.96 bits per heavy atom. The van der Waals surface area contributed by atoms with Crippen molar-refractivity contribution < 1.29 is 18.7 Å². The number of nitrogens with one attached hydrogen (secondary N) is 3. The highest BCUT2D eigenvalue weighted by Gasteiger charge is 2.13. The van der Waals surface area contributed by atoms with Gasteiger partial charge in [0.25, 0.3) is 5.91 Å². The summed E-state index contributed by atoms with van der Waals surface area (Å²) in [5, 5.41) is 9.09. The van der Waals surface area contributed by atoms with Crippen molar-refractivity contribution in [3.05, 3.63) is 47.9 Å². The second-order valence-corrected chi connectivity index (χ2v) is 5.27. The van der Waals surface area contributed by atoms with Crippen LogP contribution in [0.5, 0.6) is 11.5 Å². The standard InChI is InChI=1S/C17H20N4O4/c1-18-17(20-7-6-19-16(22)14-3-2-8-23-14)21-10-12-4-5-13-15(9-12)25-11-24-13/h2-5,8-9H,6-7,10-11H2,1H3,(H,19,22)(H2,18,20,21). The van der Waals surface area contributed by atoms with Crippen LogP contribution in [0.25, 0.3) is 0 Å². The molecule has 0 radical (unpaired) electrons. The summed E-state index contributed by atoms with van der Waals surface area (Å²) in [5.41, 5.74) is 1.05. The SMILES string of the molecule is CN=C(NCCNC(=O)c1ccco1)NCc1ccc2c(c1)OCO2. The number of ether oxygens (including phenoxy) is 2. The van der Waals surface area contributed by atoms with Gasteiger partial charge in [0.15, 0.2) is 23.2 Å². The number of nitrogens with zero attached hydrogens (tertiary/aromatic N) is 1. The summed E-state index contributed by atoms with van der Waals surface area (Å²) in [6.45, 7) is 1.84. The number of amides is 1. The van der Waals surface area contributed by atoms with E-state index in [-0.39, 0.29) is 12.7 Å². The molecule has 0 atom stereocenters. The van der Waals surface area contributed by atoms with Crippen molar-refractivity contribution in [3.8, 4) is 11.5 Å². The molecule has 1 aromatic heterocycles. The van der Waals surface area contributed by atoms with Crippen LogP contribution in [-0.2, 0) is 6.54 Å². The van der Waals surface area contributed by atoms with Gasteiger partial charge in [0.1, 0.15) is 0 Å².